The van der Waals surface area contributed by atoms with Gasteiger partial charge in [-0.1, -0.05) is 11.6 Å². The van der Waals surface area contributed by atoms with E-state index in [0.717, 1.165) is 44.7 Å². The zero-order chi connectivity index (χ0) is 17.2. The van der Waals surface area contributed by atoms with Crippen molar-refractivity contribution in [1.82, 2.24) is 4.98 Å². The summed E-state index contributed by atoms with van der Waals surface area (Å²) in [6.45, 7) is 3.63. The molecule has 0 aliphatic carbocycles. The van der Waals surface area contributed by atoms with Gasteiger partial charge < -0.3 is 14.4 Å². The van der Waals surface area contributed by atoms with Gasteiger partial charge in [0.25, 0.3) is 0 Å². The number of anilines is 1. The zero-order valence-electron chi connectivity index (χ0n) is 13.2. The van der Waals surface area contributed by atoms with E-state index in [0.29, 0.717) is 31.4 Å². The SMILES string of the molecule is FC(F)(F)c1cnc(N2CCC(OCC3CCOC3)CC2)c(Cl)c1. The van der Waals surface area contributed by atoms with E-state index in [1.807, 2.05) is 4.90 Å². The predicted octanol–water partition coefficient (Wildman–Crippen LogP) is 3.78. The molecule has 1 aromatic heterocycles. The molecule has 2 aliphatic heterocycles. The van der Waals surface area contributed by atoms with Crippen molar-refractivity contribution in [2.24, 2.45) is 5.92 Å². The summed E-state index contributed by atoms with van der Waals surface area (Å²) in [4.78, 5) is 5.84. The minimum absolute atomic E-state index is 0.0345. The Kier molecular flexibility index (Phi) is 5.52. The summed E-state index contributed by atoms with van der Waals surface area (Å²) in [5.41, 5.74) is -0.826. The normalized spacial score (nSPS) is 23.0. The molecule has 3 rings (SSSR count). The lowest BCUT2D eigenvalue weighted by molar-refractivity contribution is -0.137. The summed E-state index contributed by atoms with van der Waals surface area (Å²) in [7, 11) is 0. The van der Waals surface area contributed by atoms with Crippen LogP contribution in [0.2, 0.25) is 5.02 Å². The monoisotopic (exact) mass is 364 g/mol. The number of ether oxygens (including phenoxy) is 2. The molecule has 0 saturated carbocycles. The number of hydrogen-bond acceptors (Lipinski definition) is 4. The molecular weight excluding hydrogens is 345 g/mol. The van der Waals surface area contributed by atoms with Gasteiger partial charge in [0.15, 0.2) is 0 Å². The van der Waals surface area contributed by atoms with E-state index in [4.69, 9.17) is 21.1 Å². The number of piperidine rings is 1. The van der Waals surface area contributed by atoms with Gasteiger partial charge in [0, 0.05) is 31.8 Å². The van der Waals surface area contributed by atoms with E-state index in [1.54, 1.807) is 0 Å². The highest BCUT2D eigenvalue weighted by Gasteiger charge is 2.32. The molecule has 1 aromatic rings. The third kappa shape index (κ3) is 4.32. The van der Waals surface area contributed by atoms with Crippen molar-refractivity contribution in [1.29, 1.82) is 0 Å². The smallest absolute Gasteiger partial charge is 0.381 e. The number of alkyl halides is 3. The Morgan fingerprint density at radius 1 is 1.29 bits per heavy atom. The number of aromatic nitrogens is 1. The lowest BCUT2D eigenvalue weighted by atomic mass is 10.1. The van der Waals surface area contributed by atoms with Gasteiger partial charge in [0.05, 0.1) is 29.9 Å². The molecule has 0 radical (unpaired) electrons. The van der Waals surface area contributed by atoms with Gasteiger partial charge in [0.1, 0.15) is 5.82 Å². The summed E-state index contributed by atoms with van der Waals surface area (Å²) in [6.07, 6.45) is -0.748. The first-order valence-electron chi connectivity index (χ1n) is 8.10. The first-order valence-corrected chi connectivity index (χ1v) is 8.48. The second-order valence-corrected chi connectivity index (χ2v) is 6.68. The van der Waals surface area contributed by atoms with Gasteiger partial charge in [-0.2, -0.15) is 13.2 Å². The first kappa shape index (κ1) is 17.8. The van der Waals surface area contributed by atoms with Crippen LogP contribution in [0.3, 0.4) is 0 Å². The molecule has 0 bridgehead atoms. The standard InChI is InChI=1S/C16H20ClF3N2O2/c17-14-7-12(16(18,19)20)8-21-15(14)22-4-1-13(2-5-22)24-10-11-3-6-23-9-11/h7-8,11,13H,1-6,9-10H2. The summed E-state index contributed by atoms with van der Waals surface area (Å²) >= 11 is 6.00. The summed E-state index contributed by atoms with van der Waals surface area (Å²) in [5.74, 6) is 0.890. The largest absolute Gasteiger partial charge is 0.417 e. The fourth-order valence-corrected chi connectivity index (χ4v) is 3.33. The van der Waals surface area contributed by atoms with Crippen LogP contribution in [0.15, 0.2) is 12.3 Å². The number of nitrogens with zero attached hydrogens (tertiary/aromatic N) is 2. The summed E-state index contributed by atoms with van der Waals surface area (Å²) < 4.78 is 49.3. The van der Waals surface area contributed by atoms with E-state index in [1.165, 1.54) is 0 Å². The molecule has 2 fully saturated rings. The van der Waals surface area contributed by atoms with Gasteiger partial charge in [-0.15, -0.1) is 0 Å². The molecule has 2 saturated heterocycles. The molecule has 4 nitrogen and oxygen atoms in total. The number of hydrogen-bond donors (Lipinski definition) is 0. The van der Waals surface area contributed by atoms with Crippen LogP contribution in [-0.2, 0) is 15.7 Å². The van der Waals surface area contributed by atoms with Crippen LogP contribution in [0.4, 0.5) is 19.0 Å². The number of halogens is 4. The molecule has 24 heavy (non-hydrogen) atoms. The van der Waals surface area contributed by atoms with E-state index < -0.39 is 11.7 Å². The Morgan fingerprint density at radius 2 is 2.04 bits per heavy atom. The molecule has 2 aliphatic rings. The highest BCUT2D eigenvalue weighted by Crippen LogP contribution is 2.34. The van der Waals surface area contributed by atoms with Crippen molar-refractivity contribution in [2.75, 3.05) is 37.8 Å². The third-order valence-electron chi connectivity index (χ3n) is 4.48. The van der Waals surface area contributed by atoms with Crippen LogP contribution in [0.5, 0.6) is 0 Å². The van der Waals surface area contributed by atoms with E-state index in [-0.39, 0.29) is 11.1 Å². The molecule has 8 heteroatoms. The van der Waals surface area contributed by atoms with Gasteiger partial charge >= 0.3 is 6.18 Å². The average molecular weight is 365 g/mol. The maximum Gasteiger partial charge on any atom is 0.417 e. The highest BCUT2D eigenvalue weighted by atomic mass is 35.5. The minimum atomic E-state index is -4.43. The molecule has 0 N–H and O–H groups in total. The van der Waals surface area contributed by atoms with E-state index in [9.17, 15) is 13.2 Å². The molecule has 134 valence electrons. The molecular formula is C16H20ClF3N2O2. The zero-order valence-corrected chi connectivity index (χ0v) is 13.9. The Hall–Kier alpha value is -1.05. The van der Waals surface area contributed by atoms with Gasteiger partial charge in [0.2, 0.25) is 0 Å². The topological polar surface area (TPSA) is 34.6 Å². The van der Waals surface area contributed by atoms with Crippen LogP contribution in [0.1, 0.15) is 24.8 Å². The van der Waals surface area contributed by atoms with Crippen LogP contribution in [0, 0.1) is 5.92 Å². The first-order chi connectivity index (χ1) is 11.4. The van der Waals surface area contributed by atoms with Crippen LogP contribution >= 0.6 is 11.6 Å². The molecule has 1 atom stereocenters. The second kappa shape index (κ2) is 7.45. The number of rotatable bonds is 4. The quantitative estimate of drug-likeness (QED) is 0.814. The Balaban J connectivity index is 1.52. The second-order valence-electron chi connectivity index (χ2n) is 6.28. The Labute approximate surface area is 143 Å². The third-order valence-corrected chi connectivity index (χ3v) is 4.76. The molecule has 3 heterocycles. The fraction of sp³-hybridized carbons (Fsp3) is 0.688. The van der Waals surface area contributed by atoms with Crippen molar-refractivity contribution < 1.29 is 22.6 Å². The summed E-state index contributed by atoms with van der Waals surface area (Å²) in [5, 5.41) is 0.0345. The summed E-state index contributed by atoms with van der Waals surface area (Å²) in [6, 6.07) is 0.937. The molecule has 0 spiro atoms. The van der Waals surface area contributed by atoms with Crippen molar-refractivity contribution in [3.05, 3.63) is 22.8 Å². The highest BCUT2D eigenvalue weighted by molar-refractivity contribution is 6.33. The fourth-order valence-electron chi connectivity index (χ4n) is 3.04. The maximum absolute atomic E-state index is 12.7. The predicted molar refractivity (Wildman–Crippen MR) is 84.4 cm³/mol. The van der Waals surface area contributed by atoms with Crippen molar-refractivity contribution in [3.63, 3.8) is 0 Å². The van der Waals surface area contributed by atoms with E-state index in [2.05, 4.69) is 4.98 Å². The number of pyridine rings is 1. The Bertz CT molecular complexity index is 557. The average Bonchev–Trinajstić information content (AvgIpc) is 3.06. The minimum Gasteiger partial charge on any atom is -0.381 e. The van der Waals surface area contributed by atoms with Crippen molar-refractivity contribution in [2.45, 2.75) is 31.5 Å². The maximum atomic E-state index is 12.7. The lowest BCUT2D eigenvalue weighted by Gasteiger charge is -2.33. The van der Waals surface area contributed by atoms with Crippen LogP contribution in [0.25, 0.3) is 0 Å². The van der Waals surface area contributed by atoms with Gasteiger partial charge in [-0.05, 0) is 25.3 Å². The Morgan fingerprint density at radius 3 is 2.62 bits per heavy atom. The van der Waals surface area contributed by atoms with E-state index >= 15 is 0 Å². The molecule has 0 amide bonds. The van der Waals surface area contributed by atoms with Crippen LogP contribution in [-0.4, -0.2) is 44.0 Å². The van der Waals surface area contributed by atoms with Crippen molar-refractivity contribution in [3.8, 4) is 0 Å². The molecule has 0 aromatic carbocycles. The molecule has 1 unspecified atom stereocenters. The van der Waals surface area contributed by atoms with Crippen molar-refractivity contribution >= 4 is 17.4 Å². The van der Waals surface area contributed by atoms with Crippen LogP contribution < -0.4 is 4.90 Å². The van der Waals surface area contributed by atoms with Gasteiger partial charge in [-0.25, -0.2) is 4.98 Å². The van der Waals surface area contributed by atoms with Gasteiger partial charge in [-0.3, -0.25) is 0 Å². The lowest BCUT2D eigenvalue weighted by Crippen LogP contribution is -2.38.